The van der Waals surface area contributed by atoms with Gasteiger partial charge in [-0.1, -0.05) is 34.4 Å². The third-order valence-electron chi connectivity index (χ3n) is 2.65. The van der Waals surface area contributed by atoms with E-state index in [-0.39, 0.29) is 5.75 Å². The lowest BCUT2D eigenvalue weighted by Gasteiger charge is -1.99. The van der Waals surface area contributed by atoms with E-state index >= 15 is 0 Å². The van der Waals surface area contributed by atoms with Gasteiger partial charge in [0.2, 0.25) is 0 Å². The summed E-state index contributed by atoms with van der Waals surface area (Å²) < 4.78 is 5.15. The minimum atomic E-state index is 0.139. The minimum Gasteiger partial charge on any atom is -0.506 e. The van der Waals surface area contributed by atoms with Gasteiger partial charge in [0, 0.05) is 6.42 Å². The zero-order valence-electron chi connectivity index (χ0n) is 10.0. The third-order valence-corrected chi connectivity index (χ3v) is 4.28. The summed E-state index contributed by atoms with van der Waals surface area (Å²) in [6, 6.07) is 6.93. The standard InChI is InChI=1S/C13H8Cl2N2O2S/c14-8-2-1-7(5-9(8)15)6-11-16-13(19-17-11)12-10(18)3-4-20-12/h1-5,18H,6H2. The highest BCUT2D eigenvalue weighted by molar-refractivity contribution is 7.13. The van der Waals surface area contributed by atoms with Crippen LogP contribution in [0.3, 0.4) is 0 Å². The summed E-state index contributed by atoms with van der Waals surface area (Å²) >= 11 is 13.2. The molecule has 0 fully saturated rings. The first-order chi connectivity index (χ1) is 9.63. The molecule has 0 spiro atoms. The number of aromatic nitrogens is 2. The van der Waals surface area contributed by atoms with Crippen LogP contribution in [0.2, 0.25) is 10.0 Å². The fraction of sp³-hybridized carbons (Fsp3) is 0.0769. The van der Waals surface area contributed by atoms with Crippen LogP contribution in [0.15, 0.2) is 34.2 Å². The topological polar surface area (TPSA) is 59.2 Å². The van der Waals surface area contributed by atoms with E-state index in [0.29, 0.717) is 33.1 Å². The summed E-state index contributed by atoms with van der Waals surface area (Å²) in [6.07, 6.45) is 0.479. The predicted molar refractivity (Wildman–Crippen MR) is 78.5 cm³/mol. The zero-order valence-corrected chi connectivity index (χ0v) is 12.3. The van der Waals surface area contributed by atoms with Crippen LogP contribution in [-0.2, 0) is 6.42 Å². The highest BCUT2D eigenvalue weighted by atomic mass is 35.5. The van der Waals surface area contributed by atoms with Crippen molar-refractivity contribution in [1.29, 1.82) is 0 Å². The Hall–Kier alpha value is -1.56. The smallest absolute Gasteiger partial charge is 0.271 e. The number of hydrogen-bond donors (Lipinski definition) is 1. The SMILES string of the molecule is Oc1ccsc1-c1nc(Cc2ccc(Cl)c(Cl)c2)no1. The molecule has 4 nitrogen and oxygen atoms in total. The third kappa shape index (κ3) is 2.65. The first-order valence-corrected chi connectivity index (χ1v) is 7.30. The summed E-state index contributed by atoms with van der Waals surface area (Å²) in [5, 5.41) is 16.3. The fourth-order valence-corrected chi connectivity index (χ4v) is 2.74. The molecule has 0 unspecified atom stereocenters. The molecule has 3 aromatic rings. The van der Waals surface area contributed by atoms with Crippen LogP contribution in [0.1, 0.15) is 11.4 Å². The summed E-state index contributed by atoms with van der Waals surface area (Å²) in [4.78, 5) is 4.82. The van der Waals surface area contributed by atoms with E-state index < -0.39 is 0 Å². The molecule has 0 bridgehead atoms. The van der Waals surface area contributed by atoms with Gasteiger partial charge < -0.3 is 9.63 Å². The van der Waals surface area contributed by atoms with E-state index in [1.807, 2.05) is 6.07 Å². The van der Waals surface area contributed by atoms with Gasteiger partial charge in [0.25, 0.3) is 5.89 Å². The van der Waals surface area contributed by atoms with Crippen LogP contribution in [0.5, 0.6) is 5.75 Å². The van der Waals surface area contributed by atoms with Gasteiger partial charge in [-0.3, -0.25) is 0 Å². The van der Waals surface area contributed by atoms with Gasteiger partial charge >= 0.3 is 0 Å². The Kier molecular flexibility index (Phi) is 3.65. The maximum absolute atomic E-state index is 9.62. The Morgan fingerprint density at radius 2 is 2.05 bits per heavy atom. The van der Waals surface area contributed by atoms with Crippen LogP contribution >= 0.6 is 34.5 Å². The fourth-order valence-electron chi connectivity index (χ4n) is 1.71. The molecule has 0 radical (unpaired) electrons. The van der Waals surface area contributed by atoms with Crippen LogP contribution in [0.25, 0.3) is 10.8 Å². The monoisotopic (exact) mass is 326 g/mol. The van der Waals surface area contributed by atoms with Gasteiger partial charge in [-0.15, -0.1) is 11.3 Å². The molecule has 20 heavy (non-hydrogen) atoms. The Bertz CT molecular complexity index is 754. The van der Waals surface area contributed by atoms with Crippen LogP contribution in [0.4, 0.5) is 0 Å². The second-order valence-electron chi connectivity index (χ2n) is 4.08. The van der Waals surface area contributed by atoms with Crippen LogP contribution in [-0.4, -0.2) is 15.2 Å². The molecule has 3 rings (SSSR count). The molecule has 1 aromatic carbocycles. The summed E-state index contributed by atoms with van der Waals surface area (Å²) in [7, 11) is 0. The second kappa shape index (κ2) is 5.44. The highest BCUT2D eigenvalue weighted by Crippen LogP contribution is 2.33. The number of nitrogens with zero attached hydrogens (tertiary/aromatic N) is 2. The van der Waals surface area contributed by atoms with Gasteiger partial charge in [0.1, 0.15) is 10.6 Å². The van der Waals surface area contributed by atoms with Crippen molar-refractivity contribution in [1.82, 2.24) is 10.1 Å². The van der Waals surface area contributed by atoms with Gasteiger partial charge in [0.05, 0.1) is 10.0 Å². The number of benzene rings is 1. The van der Waals surface area contributed by atoms with Gasteiger partial charge in [-0.05, 0) is 29.1 Å². The Morgan fingerprint density at radius 1 is 1.20 bits per heavy atom. The molecule has 0 saturated carbocycles. The Labute approximate surface area is 128 Å². The van der Waals surface area contributed by atoms with Gasteiger partial charge in [0.15, 0.2) is 5.82 Å². The van der Waals surface area contributed by atoms with Crippen molar-refractivity contribution >= 4 is 34.5 Å². The normalized spacial score (nSPS) is 10.9. The molecular formula is C13H8Cl2N2O2S. The number of hydrogen-bond acceptors (Lipinski definition) is 5. The van der Waals surface area contributed by atoms with Gasteiger partial charge in [-0.25, -0.2) is 0 Å². The maximum Gasteiger partial charge on any atom is 0.271 e. The van der Waals surface area contributed by atoms with Crippen molar-refractivity contribution < 1.29 is 9.63 Å². The largest absolute Gasteiger partial charge is 0.506 e. The van der Waals surface area contributed by atoms with E-state index in [9.17, 15) is 5.11 Å². The van der Waals surface area contributed by atoms with E-state index in [2.05, 4.69) is 10.1 Å². The molecule has 7 heteroatoms. The second-order valence-corrected chi connectivity index (χ2v) is 5.81. The first-order valence-electron chi connectivity index (χ1n) is 5.67. The molecule has 0 saturated heterocycles. The van der Waals surface area contributed by atoms with Crippen molar-refractivity contribution in [3.05, 3.63) is 51.1 Å². The number of rotatable bonds is 3. The summed E-state index contributed by atoms with van der Waals surface area (Å²) in [6.45, 7) is 0. The lowest BCUT2D eigenvalue weighted by Crippen LogP contribution is -1.90. The average Bonchev–Trinajstić information content (AvgIpc) is 3.03. The summed E-state index contributed by atoms with van der Waals surface area (Å²) in [5.74, 6) is 0.971. The molecule has 1 N–H and O–H groups in total. The number of thiophene rings is 1. The van der Waals surface area contributed by atoms with E-state index in [4.69, 9.17) is 27.7 Å². The molecular weight excluding hydrogens is 319 g/mol. The molecule has 2 heterocycles. The first kappa shape index (κ1) is 13.4. The van der Waals surface area contributed by atoms with E-state index in [0.717, 1.165) is 5.56 Å². The molecule has 0 amide bonds. The maximum atomic E-state index is 9.62. The molecule has 0 atom stereocenters. The Balaban J connectivity index is 1.84. The quantitative estimate of drug-likeness (QED) is 0.774. The highest BCUT2D eigenvalue weighted by Gasteiger charge is 2.14. The average molecular weight is 327 g/mol. The number of aromatic hydroxyl groups is 1. The van der Waals surface area contributed by atoms with Crippen molar-refractivity contribution in [2.75, 3.05) is 0 Å². The molecule has 0 aliphatic carbocycles. The minimum absolute atomic E-state index is 0.139. The van der Waals surface area contributed by atoms with E-state index in [1.165, 1.54) is 11.3 Å². The summed E-state index contributed by atoms with van der Waals surface area (Å²) in [5.41, 5.74) is 0.933. The Morgan fingerprint density at radius 3 is 2.75 bits per heavy atom. The molecule has 2 aromatic heterocycles. The lowest BCUT2D eigenvalue weighted by atomic mass is 10.1. The van der Waals surface area contributed by atoms with Crippen molar-refractivity contribution in [3.8, 4) is 16.5 Å². The van der Waals surface area contributed by atoms with Crippen LogP contribution < -0.4 is 0 Å². The van der Waals surface area contributed by atoms with Crippen molar-refractivity contribution in [2.45, 2.75) is 6.42 Å². The van der Waals surface area contributed by atoms with Crippen molar-refractivity contribution in [3.63, 3.8) is 0 Å². The predicted octanol–water partition coefficient (Wildman–Crippen LogP) is 4.40. The molecule has 0 aliphatic heterocycles. The van der Waals surface area contributed by atoms with Crippen LogP contribution in [0, 0.1) is 0 Å². The molecule has 102 valence electrons. The lowest BCUT2D eigenvalue weighted by molar-refractivity contribution is 0.420. The van der Waals surface area contributed by atoms with E-state index in [1.54, 1.807) is 23.6 Å². The zero-order chi connectivity index (χ0) is 14.1. The van der Waals surface area contributed by atoms with Gasteiger partial charge in [-0.2, -0.15) is 4.98 Å². The van der Waals surface area contributed by atoms with Crippen molar-refractivity contribution in [2.24, 2.45) is 0 Å². The number of halogens is 2. The molecule has 0 aliphatic rings.